The van der Waals surface area contributed by atoms with Crippen molar-refractivity contribution in [3.8, 4) is 0 Å². The summed E-state index contributed by atoms with van der Waals surface area (Å²) in [6.45, 7) is 4.41. The second kappa shape index (κ2) is 6.18. The summed E-state index contributed by atoms with van der Waals surface area (Å²) >= 11 is 0. The molecule has 0 heterocycles. The van der Waals surface area contributed by atoms with Crippen LogP contribution < -0.4 is 11.1 Å². The van der Waals surface area contributed by atoms with Gasteiger partial charge in [0.2, 0.25) is 5.91 Å². The standard InChI is InChI=1S/C13H24N2O3/c1-9(2)6-10(8-14)12(18)15-13(4-3-5-13)7-11(16)17/h9-10H,3-8,14H2,1-2H3,(H,15,18)(H,16,17). The van der Waals surface area contributed by atoms with Crippen molar-refractivity contribution >= 4 is 11.9 Å². The quantitative estimate of drug-likeness (QED) is 0.636. The van der Waals surface area contributed by atoms with Gasteiger partial charge in [0.1, 0.15) is 0 Å². The number of carbonyl (C=O) groups is 2. The Labute approximate surface area is 108 Å². The number of aliphatic carboxylic acids is 1. The highest BCUT2D eigenvalue weighted by Gasteiger charge is 2.41. The van der Waals surface area contributed by atoms with Crippen LogP contribution in [0.5, 0.6) is 0 Å². The molecule has 0 spiro atoms. The number of hydrogen-bond donors (Lipinski definition) is 3. The Bertz CT molecular complexity index is 311. The number of nitrogens with one attached hydrogen (secondary N) is 1. The van der Waals surface area contributed by atoms with E-state index in [1.165, 1.54) is 0 Å². The molecule has 1 unspecified atom stereocenters. The molecule has 1 saturated carbocycles. The van der Waals surface area contributed by atoms with E-state index < -0.39 is 11.5 Å². The van der Waals surface area contributed by atoms with Crippen LogP contribution in [0.1, 0.15) is 46.0 Å². The van der Waals surface area contributed by atoms with Crippen molar-refractivity contribution in [3.05, 3.63) is 0 Å². The van der Waals surface area contributed by atoms with Crippen molar-refractivity contribution in [2.45, 2.75) is 51.5 Å². The van der Waals surface area contributed by atoms with Crippen LogP contribution in [0.4, 0.5) is 0 Å². The van der Waals surface area contributed by atoms with Crippen molar-refractivity contribution in [1.82, 2.24) is 5.32 Å². The third kappa shape index (κ3) is 3.98. The Morgan fingerprint density at radius 2 is 2.00 bits per heavy atom. The first-order valence-corrected chi connectivity index (χ1v) is 6.62. The third-order valence-electron chi connectivity index (χ3n) is 3.60. The highest BCUT2D eigenvalue weighted by molar-refractivity contribution is 5.81. The zero-order valence-corrected chi connectivity index (χ0v) is 11.2. The zero-order valence-electron chi connectivity index (χ0n) is 11.2. The predicted molar refractivity (Wildman–Crippen MR) is 69.0 cm³/mol. The van der Waals surface area contributed by atoms with Crippen LogP contribution in [-0.2, 0) is 9.59 Å². The molecule has 1 fully saturated rings. The highest BCUT2D eigenvalue weighted by atomic mass is 16.4. The van der Waals surface area contributed by atoms with Crippen LogP contribution in [0.2, 0.25) is 0 Å². The van der Waals surface area contributed by atoms with Crippen LogP contribution in [0, 0.1) is 11.8 Å². The summed E-state index contributed by atoms with van der Waals surface area (Å²) in [5, 5.41) is 11.8. The summed E-state index contributed by atoms with van der Waals surface area (Å²) in [5.41, 5.74) is 5.10. The molecule has 1 rings (SSSR count). The Hall–Kier alpha value is -1.10. The minimum atomic E-state index is -0.858. The molecule has 1 aliphatic carbocycles. The maximum absolute atomic E-state index is 12.1. The molecule has 0 aliphatic heterocycles. The SMILES string of the molecule is CC(C)CC(CN)C(=O)NC1(CC(=O)O)CCC1. The molecule has 5 nitrogen and oxygen atoms in total. The monoisotopic (exact) mass is 256 g/mol. The van der Waals surface area contributed by atoms with E-state index in [1.807, 2.05) is 13.8 Å². The van der Waals surface area contributed by atoms with Crippen LogP contribution in [0.3, 0.4) is 0 Å². The average Bonchev–Trinajstić information content (AvgIpc) is 2.21. The predicted octanol–water partition coefficient (Wildman–Crippen LogP) is 1.12. The number of carboxylic acids is 1. The van der Waals surface area contributed by atoms with Crippen molar-refractivity contribution in [2.75, 3.05) is 6.54 Å². The van der Waals surface area contributed by atoms with Gasteiger partial charge in [0.15, 0.2) is 0 Å². The fraction of sp³-hybridized carbons (Fsp3) is 0.846. The molecule has 0 bridgehead atoms. The van der Waals surface area contributed by atoms with Gasteiger partial charge in [-0.2, -0.15) is 0 Å². The lowest BCUT2D eigenvalue weighted by molar-refractivity contribution is -0.140. The second-order valence-corrected chi connectivity index (χ2v) is 5.76. The van der Waals surface area contributed by atoms with Gasteiger partial charge in [-0.1, -0.05) is 13.8 Å². The number of amides is 1. The van der Waals surface area contributed by atoms with Gasteiger partial charge in [0, 0.05) is 6.54 Å². The normalized spacial score (nSPS) is 19.1. The number of carboxylic acid groups (broad SMARTS) is 1. The Morgan fingerprint density at radius 1 is 1.39 bits per heavy atom. The van der Waals surface area contributed by atoms with Gasteiger partial charge in [0.25, 0.3) is 0 Å². The van der Waals surface area contributed by atoms with E-state index in [-0.39, 0.29) is 18.2 Å². The molecule has 0 radical (unpaired) electrons. The number of rotatable bonds is 7. The zero-order chi connectivity index (χ0) is 13.8. The lowest BCUT2D eigenvalue weighted by Gasteiger charge is -2.42. The maximum Gasteiger partial charge on any atom is 0.305 e. The Morgan fingerprint density at radius 3 is 2.33 bits per heavy atom. The largest absolute Gasteiger partial charge is 0.481 e. The van der Waals surface area contributed by atoms with E-state index >= 15 is 0 Å². The molecule has 1 aliphatic rings. The summed E-state index contributed by atoms with van der Waals surface area (Å²) in [6, 6.07) is 0. The van der Waals surface area contributed by atoms with Gasteiger partial charge in [0.05, 0.1) is 17.9 Å². The van der Waals surface area contributed by atoms with Gasteiger partial charge in [-0.25, -0.2) is 0 Å². The smallest absolute Gasteiger partial charge is 0.305 e. The molecule has 104 valence electrons. The van der Waals surface area contributed by atoms with E-state index in [0.29, 0.717) is 12.5 Å². The molecule has 0 aromatic heterocycles. The van der Waals surface area contributed by atoms with Gasteiger partial charge in [-0.15, -0.1) is 0 Å². The van der Waals surface area contributed by atoms with E-state index in [2.05, 4.69) is 5.32 Å². The minimum absolute atomic E-state index is 0.0116. The summed E-state index contributed by atoms with van der Waals surface area (Å²) in [5.74, 6) is -0.757. The molecular formula is C13H24N2O3. The fourth-order valence-corrected chi connectivity index (χ4v) is 2.48. The summed E-state index contributed by atoms with van der Waals surface area (Å²) < 4.78 is 0. The highest BCUT2D eigenvalue weighted by Crippen LogP contribution is 2.35. The molecule has 0 saturated heterocycles. The first-order chi connectivity index (χ1) is 8.38. The lowest BCUT2D eigenvalue weighted by Crippen LogP contribution is -2.56. The number of carbonyl (C=O) groups excluding carboxylic acids is 1. The van der Waals surface area contributed by atoms with Crippen molar-refractivity contribution in [2.24, 2.45) is 17.6 Å². The van der Waals surface area contributed by atoms with E-state index in [0.717, 1.165) is 25.7 Å². The van der Waals surface area contributed by atoms with Gasteiger partial charge in [-0.05, 0) is 31.6 Å². The minimum Gasteiger partial charge on any atom is -0.481 e. The maximum atomic E-state index is 12.1. The van der Waals surface area contributed by atoms with Crippen molar-refractivity contribution < 1.29 is 14.7 Å². The Kier molecular flexibility index (Phi) is 5.14. The molecule has 18 heavy (non-hydrogen) atoms. The van der Waals surface area contributed by atoms with Gasteiger partial charge in [-0.3, -0.25) is 9.59 Å². The first kappa shape index (κ1) is 15.0. The lowest BCUT2D eigenvalue weighted by atomic mass is 9.74. The fourth-order valence-electron chi connectivity index (χ4n) is 2.48. The molecule has 0 aromatic carbocycles. The number of nitrogens with two attached hydrogens (primary N) is 1. The molecule has 1 atom stereocenters. The van der Waals surface area contributed by atoms with E-state index in [9.17, 15) is 9.59 Å². The van der Waals surface area contributed by atoms with Crippen LogP contribution in [0.25, 0.3) is 0 Å². The van der Waals surface area contributed by atoms with Crippen LogP contribution in [-0.4, -0.2) is 29.1 Å². The molecule has 5 heteroatoms. The number of hydrogen-bond acceptors (Lipinski definition) is 3. The summed E-state index contributed by atoms with van der Waals surface area (Å²) in [7, 11) is 0. The molecule has 4 N–H and O–H groups in total. The van der Waals surface area contributed by atoms with Crippen LogP contribution in [0.15, 0.2) is 0 Å². The molecule has 0 aromatic rings. The van der Waals surface area contributed by atoms with E-state index in [1.54, 1.807) is 0 Å². The van der Waals surface area contributed by atoms with E-state index in [4.69, 9.17) is 10.8 Å². The molecule has 1 amide bonds. The van der Waals surface area contributed by atoms with Gasteiger partial charge < -0.3 is 16.2 Å². The first-order valence-electron chi connectivity index (χ1n) is 6.62. The summed E-state index contributed by atoms with van der Waals surface area (Å²) in [4.78, 5) is 22.9. The second-order valence-electron chi connectivity index (χ2n) is 5.76. The van der Waals surface area contributed by atoms with Gasteiger partial charge >= 0.3 is 5.97 Å². The topological polar surface area (TPSA) is 92.4 Å². The average molecular weight is 256 g/mol. The Balaban J connectivity index is 2.58. The van der Waals surface area contributed by atoms with Crippen LogP contribution >= 0.6 is 0 Å². The summed E-state index contributed by atoms with van der Waals surface area (Å²) in [6.07, 6.45) is 3.24. The molecular weight excluding hydrogens is 232 g/mol. The third-order valence-corrected chi connectivity index (χ3v) is 3.60. The van der Waals surface area contributed by atoms with Crippen molar-refractivity contribution in [3.63, 3.8) is 0 Å². The van der Waals surface area contributed by atoms with Crippen molar-refractivity contribution in [1.29, 1.82) is 0 Å².